The first kappa shape index (κ1) is 23.7. The molecule has 1 rings (SSSR count). The van der Waals surface area contributed by atoms with E-state index < -0.39 is 17.7 Å². The summed E-state index contributed by atoms with van der Waals surface area (Å²) in [6.45, 7) is 21.5. The highest BCUT2D eigenvalue weighted by Crippen LogP contribution is 2.16. The Morgan fingerprint density at radius 1 is 1.04 bits per heavy atom. The molecule has 1 saturated heterocycles. The van der Waals surface area contributed by atoms with Crippen molar-refractivity contribution in [3.05, 3.63) is 0 Å². The van der Waals surface area contributed by atoms with Crippen LogP contribution in [0, 0.1) is 5.92 Å². The number of carbonyl (C=O) groups excluding carboxylic acids is 2. The molecular weight excluding hydrogens is 344 g/mol. The topological polar surface area (TPSA) is 73.9 Å². The Morgan fingerprint density at radius 3 is 2.04 bits per heavy atom. The van der Waals surface area contributed by atoms with Crippen LogP contribution in [-0.4, -0.2) is 78.3 Å². The van der Waals surface area contributed by atoms with Crippen molar-refractivity contribution in [2.24, 2.45) is 5.92 Å². The molecule has 7 heteroatoms. The molecule has 0 bridgehead atoms. The second kappa shape index (κ2) is 9.73. The van der Waals surface area contributed by atoms with Crippen LogP contribution in [0.2, 0.25) is 0 Å². The average Bonchev–Trinajstić information content (AvgIpc) is 2.56. The Bertz CT molecular complexity index is 492. The van der Waals surface area contributed by atoms with Gasteiger partial charge in [0.15, 0.2) is 0 Å². The lowest BCUT2D eigenvalue weighted by atomic mass is 9.99. The molecule has 0 aromatic carbocycles. The van der Waals surface area contributed by atoms with Gasteiger partial charge in [-0.25, -0.2) is 4.79 Å². The first-order valence-corrected chi connectivity index (χ1v) is 10.1. The summed E-state index contributed by atoms with van der Waals surface area (Å²) in [7, 11) is 0. The molecule has 1 atom stereocenters. The molecule has 7 nitrogen and oxygen atoms in total. The Balaban J connectivity index is 2.59. The molecule has 1 aliphatic heterocycles. The summed E-state index contributed by atoms with van der Waals surface area (Å²) in [6, 6.07) is -0.618. The molecule has 1 unspecified atom stereocenters. The van der Waals surface area contributed by atoms with Crippen LogP contribution in [0.4, 0.5) is 4.79 Å². The second-order valence-corrected chi connectivity index (χ2v) is 9.32. The van der Waals surface area contributed by atoms with Gasteiger partial charge in [-0.1, -0.05) is 20.8 Å². The van der Waals surface area contributed by atoms with E-state index in [0.717, 1.165) is 32.7 Å². The first-order valence-electron chi connectivity index (χ1n) is 10.1. The van der Waals surface area contributed by atoms with Gasteiger partial charge in [0.25, 0.3) is 0 Å². The monoisotopic (exact) mass is 384 g/mol. The number of carbonyl (C=O) groups is 2. The number of amides is 2. The molecule has 2 N–H and O–H groups in total. The zero-order valence-electron chi connectivity index (χ0n) is 18.5. The van der Waals surface area contributed by atoms with E-state index in [4.69, 9.17) is 4.74 Å². The molecular formula is C20H40N4O3. The molecule has 0 radical (unpaired) electrons. The van der Waals surface area contributed by atoms with Crippen molar-refractivity contribution in [1.29, 1.82) is 0 Å². The first-order chi connectivity index (χ1) is 12.4. The molecule has 0 aromatic rings. The van der Waals surface area contributed by atoms with Gasteiger partial charge in [-0.15, -0.1) is 0 Å². The lowest BCUT2D eigenvalue weighted by molar-refractivity contribution is -0.124. The fraction of sp³-hybridized carbons (Fsp3) is 0.900. The summed E-state index contributed by atoms with van der Waals surface area (Å²) < 4.78 is 5.29. The maximum atomic E-state index is 12.7. The van der Waals surface area contributed by atoms with Crippen LogP contribution in [0.15, 0.2) is 0 Å². The largest absolute Gasteiger partial charge is 0.444 e. The van der Waals surface area contributed by atoms with Crippen LogP contribution in [-0.2, 0) is 9.53 Å². The van der Waals surface area contributed by atoms with Crippen LogP contribution in [0.3, 0.4) is 0 Å². The number of rotatable bonds is 7. The van der Waals surface area contributed by atoms with Gasteiger partial charge in [-0.2, -0.15) is 0 Å². The van der Waals surface area contributed by atoms with E-state index in [9.17, 15) is 9.59 Å². The van der Waals surface area contributed by atoms with E-state index >= 15 is 0 Å². The smallest absolute Gasteiger partial charge is 0.408 e. The standard InChI is InChI=1S/C20H40N4O3/c1-9-23-10-12-24(13-11-23)20(7,8)14-21-17(25)16(15(2)3)22-18(26)27-19(4,5)6/h15-16H,9-14H2,1-8H3,(H,21,25)(H,22,26). The fourth-order valence-electron chi connectivity index (χ4n) is 3.16. The third-order valence-electron chi connectivity index (χ3n) is 4.99. The Kier molecular flexibility index (Phi) is 8.54. The van der Waals surface area contributed by atoms with E-state index in [-0.39, 0.29) is 17.4 Å². The number of ether oxygens (including phenoxy) is 1. The number of alkyl carbamates (subject to hydrolysis) is 1. The zero-order chi connectivity index (χ0) is 20.8. The van der Waals surface area contributed by atoms with E-state index in [1.807, 2.05) is 13.8 Å². The van der Waals surface area contributed by atoms with Gasteiger partial charge in [0.1, 0.15) is 11.6 Å². The van der Waals surface area contributed by atoms with E-state index in [0.29, 0.717) is 6.54 Å². The minimum atomic E-state index is -0.618. The molecule has 0 aliphatic carbocycles. The summed E-state index contributed by atoms with van der Waals surface area (Å²) in [4.78, 5) is 29.6. The van der Waals surface area contributed by atoms with Gasteiger partial charge in [-0.3, -0.25) is 9.69 Å². The van der Waals surface area contributed by atoms with E-state index in [1.54, 1.807) is 20.8 Å². The zero-order valence-corrected chi connectivity index (χ0v) is 18.5. The highest BCUT2D eigenvalue weighted by Gasteiger charge is 2.32. The number of hydrogen-bond donors (Lipinski definition) is 2. The van der Waals surface area contributed by atoms with Crippen molar-refractivity contribution in [3.63, 3.8) is 0 Å². The molecule has 1 fully saturated rings. The van der Waals surface area contributed by atoms with E-state index in [2.05, 4.69) is 41.2 Å². The molecule has 1 heterocycles. The van der Waals surface area contributed by atoms with Crippen molar-refractivity contribution in [2.45, 2.75) is 72.6 Å². The van der Waals surface area contributed by atoms with E-state index in [1.165, 1.54) is 0 Å². The van der Waals surface area contributed by atoms with Crippen molar-refractivity contribution in [1.82, 2.24) is 20.4 Å². The van der Waals surface area contributed by atoms with Crippen LogP contribution >= 0.6 is 0 Å². The quantitative estimate of drug-likeness (QED) is 0.703. The molecule has 0 spiro atoms. The third kappa shape index (κ3) is 8.05. The fourth-order valence-corrected chi connectivity index (χ4v) is 3.16. The summed E-state index contributed by atoms with van der Waals surface area (Å²) in [5.74, 6) is -0.204. The normalized spacial score (nSPS) is 18.3. The lowest BCUT2D eigenvalue weighted by Gasteiger charge is -2.44. The maximum absolute atomic E-state index is 12.7. The second-order valence-electron chi connectivity index (χ2n) is 9.32. The van der Waals surface area contributed by atoms with Crippen molar-refractivity contribution < 1.29 is 14.3 Å². The minimum absolute atomic E-state index is 0.0336. The molecule has 158 valence electrons. The Labute approximate surface area is 165 Å². The molecule has 0 aromatic heterocycles. The summed E-state index contributed by atoms with van der Waals surface area (Å²) in [5, 5.41) is 5.74. The van der Waals surface area contributed by atoms with Crippen molar-refractivity contribution in [2.75, 3.05) is 39.3 Å². The molecule has 27 heavy (non-hydrogen) atoms. The number of likely N-dealkylation sites (N-methyl/N-ethyl adjacent to an activating group) is 1. The van der Waals surface area contributed by atoms with Crippen LogP contribution in [0.25, 0.3) is 0 Å². The Hall–Kier alpha value is -1.34. The summed E-state index contributed by atoms with van der Waals surface area (Å²) in [6.07, 6.45) is -0.564. The van der Waals surface area contributed by atoms with Gasteiger partial charge >= 0.3 is 6.09 Å². The summed E-state index contributed by atoms with van der Waals surface area (Å²) in [5.41, 5.74) is -0.729. The molecule has 2 amide bonds. The average molecular weight is 385 g/mol. The lowest BCUT2D eigenvalue weighted by Crippen LogP contribution is -2.60. The number of nitrogens with zero attached hydrogens (tertiary/aromatic N) is 2. The van der Waals surface area contributed by atoms with Crippen LogP contribution < -0.4 is 10.6 Å². The van der Waals surface area contributed by atoms with Crippen LogP contribution in [0.1, 0.15) is 55.4 Å². The minimum Gasteiger partial charge on any atom is -0.444 e. The number of hydrogen-bond acceptors (Lipinski definition) is 5. The predicted octanol–water partition coefficient (Wildman–Crippen LogP) is 2.07. The maximum Gasteiger partial charge on any atom is 0.408 e. The van der Waals surface area contributed by atoms with Crippen LogP contribution in [0.5, 0.6) is 0 Å². The van der Waals surface area contributed by atoms with Gasteiger partial charge in [0, 0.05) is 38.3 Å². The Morgan fingerprint density at radius 2 is 1.59 bits per heavy atom. The predicted molar refractivity (Wildman–Crippen MR) is 109 cm³/mol. The van der Waals surface area contributed by atoms with Gasteiger partial charge in [0.05, 0.1) is 0 Å². The molecule has 0 saturated carbocycles. The van der Waals surface area contributed by atoms with Gasteiger partial charge < -0.3 is 20.3 Å². The van der Waals surface area contributed by atoms with Crippen molar-refractivity contribution in [3.8, 4) is 0 Å². The van der Waals surface area contributed by atoms with Crippen molar-refractivity contribution >= 4 is 12.0 Å². The number of nitrogens with one attached hydrogen (secondary N) is 2. The highest BCUT2D eigenvalue weighted by molar-refractivity contribution is 5.86. The SMILES string of the molecule is CCN1CCN(C(C)(C)CNC(=O)C(NC(=O)OC(C)(C)C)C(C)C)CC1. The summed E-state index contributed by atoms with van der Waals surface area (Å²) >= 11 is 0. The number of piperazine rings is 1. The highest BCUT2D eigenvalue weighted by atomic mass is 16.6. The van der Waals surface area contributed by atoms with Gasteiger partial charge in [-0.05, 0) is 47.1 Å². The third-order valence-corrected chi connectivity index (χ3v) is 4.99. The van der Waals surface area contributed by atoms with Gasteiger partial charge in [0.2, 0.25) is 5.91 Å². The molecule has 1 aliphatic rings.